The lowest BCUT2D eigenvalue weighted by Gasteiger charge is -2.05. The van der Waals surface area contributed by atoms with Gasteiger partial charge in [-0.2, -0.15) is 0 Å². The van der Waals surface area contributed by atoms with Crippen molar-refractivity contribution >= 4 is 28.6 Å². The Kier molecular flexibility index (Phi) is 4.61. The smallest absolute Gasteiger partial charge is 0.230 e. The molecule has 1 amide bonds. The average molecular weight is 330 g/mol. The van der Waals surface area contributed by atoms with Crippen molar-refractivity contribution in [2.45, 2.75) is 18.5 Å². The lowest BCUT2D eigenvalue weighted by Crippen LogP contribution is -2.27. The van der Waals surface area contributed by atoms with Crippen LogP contribution in [-0.4, -0.2) is 43.4 Å². The van der Waals surface area contributed by atoms with E-state index in [1.165, 1.54) is 22.7 Å². The van der Waals surface area contributed by atoms with Gasteiger partial charge in [0.1, 0.15) is 0 Å². The number of nitrogens with one attached hydrogen (secondary N) is 2. The van der Waals surface area contributed by atoms with E-state index in [1.807, 2.05) is 12.1 Å². The number of hydrogen-bond acceptors (Lipinski definition) is 5. The number of aryl methyl sites for hydroxylation is 2. The molecule has 0 aliphatic heterocycles. The number of hydrogen-bond donors (Lipinski definition) is 2. The van der Waals surface area contributed by atoms with E-state index in [4.69, 9.17) is 0 Å². The number of H-pyrrole nitrogens is 1. The number of rotatable bonds is 6. The van der Waals surface area contributed by atoms with E-state index in [2.05, 4.69) is 44.9 Å². The molecule has 1 aromatic carbocycles. The van der Waals surface area contributed by atoms with Crippen molar-refractivity contribution in [1.82, 2.24) is 30.5 Å². The molecule has 3 rings (SSSR count). The summed E-state index contributed by atoms with van der Waals surface area (Å²) in [6.45, 7) is 2.67. The molecule has 2 heterocycles. The number of aromatic nitrogens is 5. The summed E-state index contributed by atoms with van der Waals surface area (Å²) in [5, 5.41) is 15.9. The Bertz CT molecular complexity index is 824. The van der Waals surface area contributed by atoms with Crippen molar-refractivity contribution in [3.05, 3.63) is 35.5 Å². The number of para-hydroxylation sites is 1. The van der Waals surface area contributed by atoms with E-state index in [0.717, 1.165) is 17.6 Å². The van der Waals surface area contributed by atoms with E-state index >= 15 is 0 Å². The minimum Gasteiger partial charge on any atom is -0.358 e. The van der Waals surface area contributed by atoms with Crippen molar-refractivity contribution in [2.24, 2.45) is 7.05 Å². The third-order valence-electron chi connectivity index (χ3n) is 3.64. The van der Waals surface area contributed by atoms with E-state index < -0.39 is 0 Å². The Labute approximate surface area is 137 Å². The van der Waals surface area contributed by atoms with Gasteiger partial charge >= 0.3 is 0 Å². The average Bonchev–Trinajstić information content (AvgIpc) is 3.09. The van der Waals surface area contributed by atoms with Gasteiger partial charge in [-0.1, -0.05) is 30.0 Å². The molecule has 3 aromatic rings. The lowest BCUT2D eigenvalue weighted by molar-refractivity contribution is -0.118. The fourth-order valence-corrected chi connectivity index (χ4v) is 3.19. The van der Waals surface area contributed by atoms with Gasteiger partial charge in [0.2, 0.25) is 11.1 Å². The summed E-state index contributed by atoms with van der Waals surface area (Å²) in [5.41, 5.74) is 3.54. The first-order valence-corrected chi connectivity index (χ1v) is 8.31. The Morgan fingerprint density at radius 2 is 2.22 bits per heavy atom. The highest BCUT2D eigenvalue weighted by Crippen LogP contribution is 2.21. The van der Waals surface area contributed by atoms with Crippen LogP contribution >= 0.6 is 11.8 Å². The molecule has 0 unspecified atom stereocenters. The minimum absolute atomic E-state index is 0.0181. The zero-order valence-electron chi connectivity index (χ0n) is 13.0. The topological polar surface area (TPSA) is 88.5 Å². The molecule has 0 saturated carbocycles. The van der Waals surface area contributed by atoms with Gasteiger partial charge in [-0.3, -0.25) is 4.79 Å². The molecule has 2 N–H and O–H groups in total. The molecule has 0 fully saturated rings. The number of carbonyl (C=O) groups is 1. The Hall–Kier alpha value is -2.35. The molecule has 0 aliphatic rings. The number of thioether (sulfide) groups is 1. The van der Waals surface area contributed by atoms with Crippen LogP contribution in [0.15, 0.2) is 29.4 Å². The second-order valence-electron chi connectivity index (χ2n) is 5.25. The number of fused-ring (bicyclic) bond motifs is 1. The second-order valence-corrected chi connectivity index (χ2v) is 6.19. The predicted molar refractivity (Wildman–Crippen MR) is 89.3 cm³/mol. The SMILES string of the molecule is Cc1[nH]c2ccccc2c1CCNC(=O)CSc1nnnn1C. The van der Waals surface area contributed by atoms with Gasteiger partial charge in [-0.05, 0) is 35.4 Å². The fourth-order valence-electron chi connectivity index (χ4n) is 2.51. The summed E-state index contributed by atoms with van der Waals surface area (Å²) in [5.74, 6) is 0.289. The van der Waals surface area contributed by atoms with Crippen LogP contribution in [0.2, 0.25) is 0 Å². The largest absolute Gasteiger partial charge is 0.358 e. The van der Waals surface area contributed by atoms with Crippen LogP contribution in [0.5, 0.6) is 0 Å². The molecule has 7 nitrogen and oxygen atoms in total. The highest BCUT2D eigenvalue weighted by molar-refractivity contribution is 7.99. The van der Waals surface area contributed by atoms with Gasteiger partial charge in [0.25, 0.3) is 0 Å². The molecule has 0 saturated heterocycles. The molecule has 0 radical (unpaired) electrons. The summed E-state index contributed by atoms with van der Waals surface area (Å²) in [6.07, 6.45) is 0.803. The normalized spacial score (nSPS) is 11.0. The first-order valence-electron chi connectivity index (χ1n) is 7.33. The first kappa shape index (κ1) is 15.5. The first-order chi connectivity index (χ1) is 11.1. The van der Waals surface area contributed by atoms with E-state index in [1.54, 1.807) is 11.7 Å². The summed E-state index contributed by atoms with van der Waals surface area (Å²) in [4.78, 5) is 15.3. The monoisotopic (exact) mass is 330 g/mol. The molecular formula is C15H18N6OS. The molecule has 0 atom stereocenters. The molecule has 0 aliphatic carbocycles. The zero-order valence-corrected chi connectivity index (χ0v) is 13.9. The third kappa shape index (κ3) is 3.53. The van der Waals surface area contributed by atoms with Gasteiger partial charge in [0.15, 0.2) is 0 Å². The van der Waals surface area contributed by atoms with Gasteiger partial charge < -0.3 is 10.3 Å². The lowest BCUT2D eigenvalue weighted by atomic mass is 10.1. The van der Waals surface area contributed by atoms with E-state index in [-0.39, 0.29) is 5.91 Å². The maximum Gasteiger partial charge on any atom is 0.230 e. The maximum atomic E-state index is 11.9. The number of nitrogens with zero attached hydrogens (tertiary/aromatic N) is 4. The summed E-state index contributed by atoms with van der Waals surface area (Å²) >= 11 is 1.32. The molecule has 0 bridgehead atoms. The van der Waals surface area contributed by atoms with Crippen molar-refractivity contribution in [1.29, 1.82) is 0 Å². The Balaban J connectivity index is 1.51. The van der Waals surface area contributed by atoms with Gasteiger partial charge in [-0.15, -0.1) is 5.10 Å². The Morgan fingerprint density at radius 3 is 3.00 bits per heavy atom. The van der Waals surface area contributed by atoms with Crippen molar-refractivity contribution in [3.8, 4) is 0 Å². The zero-order chi connectivity index (χ0) is 16.2. The Morgan fingerprint density at radius 1 is 1.39 bits per heavy atom. The number of tetrazole rings is 1. The van der Waals surface area contributed by atoms with Crippen LogP contribution in [-0.2, 0) is 18.3 Å². The second kappa shape index (κ2) is 6.82. The molecule has 0 spiro atoms. The summed E-state index contributed by atoms with van der Waals surface area (Å²) in [7, 11) is 1.75. The van der Waals surface area contributed by atoms with Crippen LogP contribution in [0, 0.1) is 6.92 Å². The highest BCUT2D eigenvalue weighted by atomic mass is 32.2. The summed E-state index contributed by atoms with van der Waals surface area (Å²) in [6, 6.07) is 8.22. The van der Waals surface area contributed by atoms with Crippen LogP contribution in [0.4, 0.5) is 0 Å². The number of aromatic amines is 1. The van der Waals surface area contributed by atoms with Crippen LogP contribution in [0.25, 0.3) is 10.9 Å². The maximum absolute atomic E-state index is 11.9. The molecule has 2 aromatic heterocycles. The van der Waals surface area contributed by atoms with Crippen molar-refractivity contribution < 1.29 is 4.79 Å². The number of carbonyl (C=O) groups excluding carboxylic acids is 1. The summed E-state index contributed by atoms with van der Waals surface area (Å²) < 4.78 is 1.55. The van der Waals surface area contributed by atoms with Crippen LogP contribution < -0.4 is 5.32 Å². The minimum atomic E-state index is -0.0181. The van der Waals surface area contributed by atoms with Gasteiger partial charge in [0, 0.05) is 30.2 Å². The highest BCUT2D eigenvalue weighted by Gasteiger charge is 2.10. The predicted octanol–water partition coefficient (Wildman–Crippen LogP) is 1.45. The van der Waals surface area contributed by atoms with E-state index in [9.17, 15) is 4.79 Å². The number of amides is 1. The van der Waals surface area contributed by atoms with Crippen molar-refractivity contribution in [2.75, 3.05) is 12.3 Å². The standard InChI is InChI=1S/C15H18N6OS/c1-10-11(12-5-3-4-6-13(12)17-10)7-8-16-14(22)9-23-15-18-19-20-21(15)2/h3-6,17H,7-9H2,1-2H3,(H,16,22). The van der Waals surface area contributed by atoms with Gasteiger partial charge in [0.05, 0.1) is 5.75 Å². The molecule has 23 heavy (non-hydrogen) atoms. The molecule has 8 heteroatoms. The number of benzene rings is 1. The van der Waals surface area contributed by atoms with Crippen LogP contribution in [0.3, 0.4) is 0 Å². The fraction of sp³-hybridized carbons (Fsp3) is 0.333. The van der Waals surface area contributed by atoms with Gasteiger partial charge in [-0.25, -0.2) is 4.68 Å². The van der Waals surface area contributed by atoms with Crippen molar-refractivity contribution in [3.63, 3.8) is 0 Å². The van der Waals surface area contributed by atoms with Crippen LogP contribution in [0.1, 0.15) is 11.3 Å². The third-order valence-corrected chi connectivity index (χ3v) is 4.65. The quantitative estimate of drug-likeness (QED) is 0.668. The molecule has 120 valence electrons. The molecular weight excluding hydrogens is 312 g/mol. The van der Waals surface area contributed by atoms with E-state index in [0.29, 0.717) is 17.5 Å².